The van der Waals surface area contributed by atoms with E-state index in [0.717, 1.165) is 47.2 Å². The number of carbonyl (C=O) groups excluding carboxylic acids is 3. The zero-order chi connectivity index (χ0) is 34.5. The van der Waals surface area contributed by atoms with Gasteiger partial charge in [0.15, 0.2) is 17.4 Å². The van der Waals surface area contributed by atoms with Crippen LogP contribution < -0.4 is 15.8 Å². The van der Waals surface area contributed by atoms with Crippen molar-refractivity contribution in [3.05, 3.63) is 106 Å². The van der Waals surface area contributed by atoms with E-state index in [1.807, 2.05) is 64.4 Å². The van der Waals surface area contributed by atoms with E-state index < -0.39 is 29.1 Å². The fourth-order valence-corrected chi connectivity index (χ4v) is 6.79. The van der Waals surface area contributed by atoms with Gasteiger partial charge in [-0.2, -0.15) is 4.39 Å². The van der Waals surface area contributed by atoms with E-state index in [-0.39, 0.29) is 49.4 Å². The van der Waals surface area contributed by atoms with Crippen LogP contribution in [0.1, 0.15) is 61.6 Å². The number of ether oxygens (including phenoxy) is 1. The number of nitrogens with two attached hydrogens (primary N) is 1. The number of piperazine rings is 1. The molecule has 11 heteroatoms. The second-order valence-electron chi connectivity index (χ2n) is 13.1. The summed E-state index contributed by atoms with van der Waals surface area (Å²) in [5.74, 6) is -4.68. The highest BCUT2D eigenvalue weighted by molar-refractivity contribution is 6.03. The lowest BCUT2D eigenvalue weighted by Crippen LogP contribution is -2.62. The third kappa shape index (κ3) is 8.33. The molecule has 6 rings (SSSR count). The number of rotatable bonds is 14. The van der Waals surface area contributed by atoms with Gasteiger partial charge in [0.25, 0.3) is 5.91 Å². The van der Waals surface area contributed by atoms with Gasteiger partial charge < -0.3 is 25.6 Å². The molecule has 49 heavy (non-hydrogen) atoms. The Balaban J connectivity index is 1.21. The zero-order valence-electron chi connectivity index (χ0n) is 27.3. The van der Waals surface area contributed by atoms with E-state index in [9.17, 15) is 27.6 Å². The number of nitrogens with zero attached hydrogens (tertiary/aromatic N) is 2. The van der Waals surface area contributed by atoms with Crippen molar-refractivity contribution in [1.29, 1.82) is 0 Å². The van der Waals surface area contributed by atoms with Crippen LogP contribution in [0.5, 0.6) is 5.75 Å². The van der Waals surface area contributed by atoms with E-state index in [1.165, 1.54) is 0 Å². The number of benzene rings is 3. The van der Waals surface area contributed by atoms with Crippen LogP contribution in [0.3, 0.4) is 0 Å². The Bertz CT molecular complexity index is 1710. The summed E-state index contributed by atoms with van der Waals surface area (Å²) in [5, 5.41) is 3.63. The highest BCUT2D eigenvalue weighted by Gasteiger charge is 2.43. The molecule has 1 saturated carbocycles. The molecule has 2 aliphatic heterocycles. The van der Waals surface area contributed by atoms with Crippen molar-refractivity contribution in [1.82, 2.24) is 15.1 Å². The quantitative estimate of drug-likeness (QED) is 0.179. The Hall–Kier alpha value is -4.64. The second-order valence-corrected chi connectivity index (χ2v) is 13.1. The minimum atomic E-state index is -1.34. The van der Waals surface area contributed by atoms with Gasteiger partial charge in [-0.3, -0.25) is 14.4 Å². The molecular formula is C38H41F3N4O4. The summed E-state index contributed by atoms with van der Waals surface area (Å²) in [7, 11) is 0. The van der Waals surface area contributed by atoms with Crippen molar-refractivity contribution in [2.75, 3.05) is 19.7 Å². The maximum absolute atomic E-state index is 14.6. The molecular weight excluding hydrogens is 633 g/mol. The minimum absolute atomic E-state index is 0.00798. The average molecular weight is 675 g/mol. The molecule has 0 unspecified atom stereocenters. The molecule has 1 saturated heterocycles. The summed E-state index contributed by atoms with van der Waals surface area (Å²) < 4.78 is 46.6. The van der Waals surface area contributed by atoms with Gasteiger partial charge in [-0.25, -0.2) is 8.78 Å². The predicted octanol–water partition coefficient (Wildman–Crippen LogP) is 5.29. The zero-order valence-corrected chi connectivity index (χ0v) is 27.3. The van der Waals surface area contributed by atoms with Gasteiger partial charge in [-0.1, -0.05) is 54.6 Å². The molecule has 0 radical (unpaired) electrons. The van der Waals surface area contributed by atoms with Crippen LogP contribution in [-0.4, -0.2) is 65.3 Å². The monoisotopic (exact) mass is 674 g/mol. The topological polar surface area (TPSA) is 105 Å². The molecule has 2 fully saturated rings. The number of carbonyl (C=O) groups is 3. The van der Waals surface area contributed by atoms with E-state index in [1.54, 1.807) is 0 Å². The number of hydrogen-bond acceptors (Lipinski definition) is 5. The summed E-state index contributed by atoms with van der Waals surface area (Å²) in [5.41, 5.74) is 9.88. The summed E-state index contributed by atoms with van der Waals surface area (Å²) >= 11 is 0. The van der Waals surface area contributed by atoms with Gasteiger partial charge in [0.1, 0.15) is 0 Å². The number of fused-ring (bicyclic) bond motifs is 2. The van der Waals surface area contributed by atoms with E-state index in [4.69, 9.17) is 10.5 Å². The van der Waals surface area contributed by atoms with E-state index in [2.05, 4.69) is 5.32 Å². The molecule has 2 bridgehead atoms. The number of amides is 3. The lowest BCUT2D eigenvalue weighted by atomic mass is 9.82. The second kappa shape index (κ2) is 15.3. The van der Waals surface area contributed by atoms with Crippen molar-refractivity contribution in [3.8, 4) is 5.75 Å². The van der Waals surface area contributed by atoms with Gasteiger partial charge in [0.2, 0.25) is 17.6 Å². The maximum atomic E-state index is 14.6. The third-order valence-corrected chi connectivity index (χ3v) is 9.41. The van der Waals surface area contributed by atoms with Crippen molar-refractivity contribution < 1.29 is 32.3 Å². The number of primary amides is 1. The lowest BCUT2D eigenvalue weighted by molar-refractivity contribution is -0.134. The van der Waals surface area contributed by atoms with Crippen LogP contribution >= 0.6 is 0 Å². The third-order valence-electron chi connectivity index (χ3n) is 9.41. The van der Waals surface area contributed by atoms with Crippen molar-refractivity contribution in [3.63, 3.8) is 0 Å². The van der Waals surface area contributed by atoms with Crippen LogP contribution in [-0.2, 0) is 27.3 Å². The number of nitrogens with one attached hydrogen (secondary N) is 1. The highest BCUT2D eigenvalue weighted by atomic mass is 19.2. The smallest absolute Gasteiger partial charge is 0.252 e. The van der Waals surface area contributed by atoms with Crippen molar-refractivity contribution >= 4 is 23.3 Å². The van der Waals surface area contributed by atoms with Crippen LogP contribution in [0, 0.1) is 17.5 Å². The Morgan fingerprint density at radius 2 is 1.61 bits per heavy atom. The maximum Gasteiger partial charge on any atom is 0.252 e. The molecule has 3 amide bonds. The van der Waals surface area contributed by atoms with Gasteiger partial charge in [0.05, 0.1) is 12.6 Å². The lowest BCUT2D eigenvalue weighted by Gasteiger charge is -2.45. The normalized spacial score (nSPS) is 18.7. The molecule has 2 heterocycles. The largest absolute Gasteiger partial charge is 0.488 e. The van der Waals surface area contributed by atoms with Gasteiger partial charge in [0, 0.05) is 50.1 Å². The number of halogens is 3. The molecule has 1 aliphatic carbocycles. The molecule has 3 N–H and O–H groups in total. The Morgan fingerprint density at radius 3 is 2.33 bits per heavy atom. The molecule has 8 nitrogen and oxygen atoms in total. The molecule has 3 aromatic rings. The van der Waals surface area contributed by atoms with Crippen molar-refractivity contribution in [2.45, 2.75) is 76.0 Å². The molecule has 0 aromatic heterocycles. The molecule has 3 aromatic carbocycles. The first-order valence-electron chi connectivity index (χ1n) is 16.9. The number of aryl methyl sites for hydroxylation is 1. The first-order chi connectivity index (χ1) is 23.7. The molecule has 258 valence electrons. The highest BCUT2D eigenvalue weighted by Crippen LogP contribution is 2.37. The van der Waals surface area contributed by atoms with Gasteiger partial charge in [-0.05, 0) is 72.9 Å². The minimum Gasteiger partial charge on any atom is -0.488 e. The first-order valence-corrected chi connectivity index (χ1v) is 16.9. The van der Waals surface area contributed by atoms with Crippen LogP contribution in [0.25, 0.3) is 5.57 Å². The molecule has 3 aliphatic rings. The Morgan fingerprint density at radius 1 is 0.878 bits per heavy atom. The summed E-state index contributed by atoms with van der Waals surface area (Å²) in [6, 6.07) is 19.2. The van der Waals surface area contributed by atoms with Crippen LogP contribution in [0.15, 0.2) is 72.3 Å². The fourth-order valence-electron chi connectivity index (χ4n) is 6.79. The number of hydrogen-bond donors (Lipinski definition) is 2. The van der Waals surface area contributed by atoms with Gasteiger partial charge >= 0.3 is 0 Å². The first kappa shape index (κ1) is 34.2. The van der Waals surface area contributed by atoms with Crippen LogP contribution in [0.2, 0.25) is 0 Å². The van der Waals surface area contributed by atoms with Crippen molar-refractivity contribution in [2.24, 2.45) is 5.73 Å². The molecule has 2 atom stereocenters. The summed E-state index contributed by atoms with van der Waals surface area (Å²) in [6.07, 6.45) is 4.25. The predicted molar refractivity (Wildman–Crippen MR) is 178 cm³/mol. The summed E-state index contributed by atoms with van der Waals surface area (Å²) in [4.78, 5) is 42.8. The van der Waals surface area contributed by atoms with E-state index in [0.29, 0.717) is 50.9 Å². The SMILES string of the molecule is NC(=O)CCCC(=O)N1C[C@H]2CC(c3ccc(CCCOc4c(F)ccc(F)c4F)cc3)=C(C(=O)N(Cc3ccccc3)C3CC3)[C@@H](C1)N2. The standard InChI is InChI=1S/C38H41F3N4O4/c39-30-17-18-31(40)37(36(30)41)49-19-5-8-24-11-13-26(14-12-24)29-20-27-22-44(34(47)10-4-9-33(42)46)23-32(43-27)35(29)38(48)45(28-15-16-28)21-25-6-2-1-3-7-25/h1-3,6-7,11-14,17-18,27-28,32,43H,4-5,8-10,15-16,19-23H2,(H2,42,46)/t27-,32-/m1/s1. The Labute approximate surface area is 284 Å². The van der Waals surface area contributed by atoms with Crippen LogP contribution in [0.4, 0.5) is 13.2 Å². The molecule has 0 spiro atoms. The average Bonchev–Trinajstić information content (AvgIpc) is 3.94. The fraction of sp³-hybridized carbons (Fsp3) is 0.395. The summed E-state index contributed by atoms with van der Waals surface area (Å²) in [6.45, 7) is 1.36. The van der Waals surface area contributed by atoms with E-state index >= 15 is 0 Å². The Kier molecular flexibility index (Phi) is 10.7. The van der Waals surface area contributed by atoms with Gasteiger partial charge in [-0.15, -0.1) is 0 Å².